The van der Waals surface area contributed by atoms with Crippen molar-refractivity contribution in [3.63, 3.8) is 0 Å². The van der Waals surface area contributed by atoms with Crippen molar-refractivity contribution in [1.29, 1.82) is 5.26 Å². The van der Waals surface area contributed by atoms with Crippen molar-refractivity contribution < 1.29 is 0 Å². The van der Waals surface area contributed by atoms with Crippen molar-refractivity contribution in [3.05, 3.63) is 23.8 Å². The van der Waals surface area contributed by atoms with Crippen LogP contribution in [0.3, 0.4) is 0 Å². The minimum Gasteiger partial charge on any atom is -0.397 e. The highest BCUT2D eigenvalue weighted by atomic mass is 14.9. The van der Waals surface area contributed by atoms with Gasteiger partial charge in [0.25, 0.3) is 0 Å². The molecule has 3 nitrogen and oxygen atoms in total. The molecule has 1 fully saturated rings. The Morgan fingerprint density at radius 3 is 2.94 bits per heavy atom. The van der Waals surface area contributed by atoms with Crippen LogP contribution in [-0.2, 0) is 0 Å². The van der Waals surface area contributed by atoms with E-state index < -0.39 is 0 Å². The fraction of sp³-hybridized carbons (Fsp3) is 0.462. The Labute approximate surface area is 96.3 Å². The summed E-state index contributed by atoms with van der Waals surface area (Å²) in [6.07, 6.45) is 3.91. The zero-order chi connectivity index (χ0) is 11.5. The highest BCUT2D eigenvalue weighted by molar-refractivity contribution is 5.68. The Kier molecular flexibility index (Phi) is 3.00. The van der Waals surface area contributed by atoms with E-state index in [0.29, 0.717) is 17.3 Å². The van der Waals surface area contributed by atoms with E-state index in [1.807, 2.05) is 6.07 Å². The third-order valence-corrected chi connectivity index (χ3v) is 2.97. The third kappa shape index (κ3) is 2.66. The summed E-state index contributed by atoms with van der Waals surface area (Å²) in [5, 5.41) is 12.2. The minimum absolute atomic E-state index is 0.420. The third-order valence-electron chi connectivity index (χ3n) is 2.97. The van der Waals surface area contributed by atoms with Gasteiger partial charge in [0.05, 0.1) is 23.0 Å². The van der Waals surface area contributed by atoms with E-state index >= 15 is 0 Å². The molecule has 1 aliphatic rings. The molecule has 1 atom stereocenters. The summed E-state index contributed by atoms with van der Waals surface area (Å²) >= 11 is 0. The molecule has 1 aromatic carbocycles. The summed E-state index contributed by atoms with van der Waals surface area (Å²) in [6.45, 7) is 2.16. The second kappa shape index (κ2) is 4.44. The van der Waals surface area contributed by atoms with Crippen molar-refractivity contribution in [2.75, 3.05) is 11.1 Å². The van der Waals surface area contributed by atoms with Gasteiger partial charge in [-0.05, 0) is 37.5 Å². The molecule has 1 unspecified atom stereocenters. The predicted molar refractivity (Wildman–Crippen MR) is 66.0 cm³/mol. The normalized spacial score (nSPS) is 16.5. The summed E-state index contributed by atoms with van der Waals surface area (Å²) in [7, 11) is 0. The number of nitrogens with two attached hydrogens (primary N) is 1. The number of hydrogen-bond acceptors (Lipinski definition) is 3. The van der Waals surface area contributed by atoms with Gasteiger partial charge in [0.1, 0.15) is 0 Å². The van der Waals surface area contributed by atoms with Gasteiger partial charge in [0.2, 0.25) is 0 Å². The van der Waals surface area contributed by atoms with Gasteiger partial charge in [0.15, 0.2) is 0 Å². The molecule has 3 heteroatoms. The van der Waals surface area contributed by atoms with Gasteiger partial charge in [-0.25, -0.2) is 0 Å². The lowest BCUT2D eigenvalue weighted by atomic mass is 10.1. The van der Waals surface area contributed by atoms with Gasteiger partial charge >= 0.3 is 0 Å². The standard InChI is InChI=1S/C13H17N3/c1-9(6-10-2-3-10)16-13-7-11(8-14)4-5-12(13)15/h4-5,7,9-10,16H,2-3,6,15H2,1H3. The van der Waals surface area contributed by atoms with E-state index in [1.165, 1.54) is 19.3 Å². The molecular formula is C13H17N3. The molecule has 0 radical (unpaired) electrons. The fourth-order valence-electron chi connectivity index (χ4n) is 1.93. The lowest BCUT2D eigenvalue weighted by Crippen LogP contribution is -2.16. The smallest absolute Gasteiger partial charge is 0.0992 e. The van der Waals surface area contributed by atoms with Crippen LogP contribution in [0.4, 0.5) is 11.4 Å². The van der Waals surface area contributed by atoms with E-state index in [-0.39, 0.29) is 0 Å². The highest BCUT2D eigenvalue weighted by Crippen LogP contribution is 2.34. The molecule has 16 heavy (non-hydrogen) atoms. The van der Waals surface area contributed by atoms with Crippen LogP contribution in [0.5, 0.6) is 0 Å². The van der Waals surface area contributed by atoms with E-state index in [1.54, 1.807) is 12.1 Å². The average Bonchev–Trinajstić information content (AvgIpc) is 3.05. The topological polar surface area (TPSA) is 61.8 Å². The number of nitrogens with one attached hydrogen (secondary N) is 1. The predicted octanol–water partition coefficient (Wildman–Crippen LogP) is 2.74. The Morgan fingerprint density at radius 2 is 2.31 bits per heavy atom. The molecule has 0 heterocycles. The van der Waals surface area contributed by atoms with Crippen LogP contribution in [0.1, 0.15) is 31.7 Å². The molecule has 0 saturated heterocycles. The molecule has 1 aromatic rings. The first kappa shape index (κ1) is 10.8. The fourth-order valence-corrected chi connectivity index (χ4v) is 1.93. The summed E-state index contributed by atoms with van der Waals surface area (Å²) in [5.41, 5.74) is 8.11. The number of nitrogens with zero attached hydrogens (tertiary/aromatic N) is 1. The summed E-state index contributed by atoms with van der Waals surface area (Å²) < 4.78 is 0. The average molecular weight is 215 g/mol. The van der Waals surface area contributed by atoms with Crippen molar-refractivity contribution >= 4 is 11.4 Å². The molecule has 0 amide bonds. The molecule has 2 rings (SSSR count). The lowest BCUT2D eigenvalue weighted by molar-refractivity contribution is 0.642. The van der Waals surface area contributed by atoms with E-state index in [0.717, 1.165) is 11.6 Å². The van der Waals surface area contributed by atoms with Gasteiger partial charge in [-0.1, -0.05) is 12.8 Å². The largest absolute Gasteiger partial charge is 0.397 e. The van der Waals surface area contributed by atoms with E-state index in [2.05, 4.69) is 18.3 Å². The van der Waals surface area contributed by atoms with Crippen molar-refractivity contribution in [3.8, 4) is 6.07 Å². The van der Waals surface area contributed by atoms with Crippen LogP contribution in [0.15, 0.2) is 18.2 Å². The van der Waals surface area contributed by atoms with Crippen LogP contribution in [0, 0.1) is 17.2 Å². The summed E-state index contributed by atoms with van der Waals surface area (Å²) in [5.74, 6) is 0.892. The van der Waals surface area contributed by atoms with E-state index in [4.69, 9.17) is 11.0 Å². The van der Waals surface area contributed by atoms with Gasteiger partial charge in [-0.2, -0.15) is 5.26 Å². The maximum Gasteiger partial charge on any atom is 0.0992 e. The molecule has 3 N–H and O–H groups in total. The second-order valence-corrected chi connectivity index (χ2v) is 4.64. The quantitative estimate of drug-likeness (QED) is 0.759. The number of hydrogen-bond donors (Lipinski definition) is 2. The molecule has 0 spiro atoms. The van der Waals surface area contributed by atoms with Crippen molar-refractivity contribution in [2.24, 2.45) is 5.92 Å². The first-order valence-electron chi connectivity index (χ1n) is 5.75. The van der Waals surface area contributed by atoms with Crippen molar-refractivity contribution in [2.45, 2.75) is 32.2 Å². The van der Waals surface area contributed by atoms with Gasteiger partial charge < -0.3 is 11.1 Å². The highest BCUT2D eigenvalue weighted by Gasteiger charge is 2.23. The summed E-state index contributed by atoms with van der Waals surface area (Å²) in [4.78, 5) is 0. The van der Waals surface area contributed by atoms with Gasteiger partial charge in [-0.15, -0.1) is 0 Å². The zero-order valence-corrected chi connectivity index (χ0v) is 9.53. The molecule has 0 bridgehead atoms. The number of benzene rings is 1. The van der Waals surface area contributed by atoms with Gasteiger partial charge in [0, 0.05) is 6.04 Å². The molecule has 84 valence electrons. The number of anilines is 2. The summed E-state index contributed by atoms with van der Waals surface area (Å²) in [6, 6.07) is 7.89. The molecule has 1 saturated carbocycles. The first-order chi connectivity index (χ1) is 7.69. The Bertz CT molecular complexity index is 416. The number of nitriles is 1. The minimum atomic E-state index is 0.420. The SMILES string of the molecule is CC(CC1CC1)Nc1cc(C#N)ccc1N. The van der Waals surface area contributed by atoms with Crippen LogP contribution in [0.2, 0.25) is 0 Å². The Balaban J connectivity index is 2.04. The first-order valence-corrected chi connectivity index (χ1v) is 5.75. The van der Waals surface area contributed by atoms with Gasteiger partial charge in [-0.3, -0.25) is 0 Å². The zero-order valence-electron chi connectivity index (χ0n) is 9.53. The van der Waals surface area contributed by atoms with Crippen LogP contribution < -0.4 is 11.1 Å². The maximum atomic E-state index is 8.82. The molecular weight excluding hydrogens is 198 g/mol. The lowest BCUT2D eigenvalue weighted by Gasteiger charge is -2.16. The Hall–Kier alpha value is -1.69. The monoisotopic (exact) mass is 215 g/mol. The van der Waals surface area contributed by atoms with Crippen LogP contribution in [-0.4, -0.2) is 6.04 Å². The van der Waals surface area contributed by atoms with E-state index in [9.17, 15) is 0 Å². The van der Waals surface area contributed by atoms with Crippen LogP contribution in [0.25, 0.3) is 0 Å². The molecule has 0 aromatic heterocycles. The number of nitrogen functional groups attached to an aromatic ring is 1. The number of rotatable bonds is 4. The maximum absolute atomic E-state index is 8.82. The molecule has 1 aliphatic carbocycles. The molecule has 0 aliphatic heterocycles. The Morgan fingerprint density at radius 1 is 1.56 bits per heavy atom. The second-order valence-electron chi connectivity index (χ2n) is 4.64. The van der Waals surface area contributed by atoms with Crippen LogP contribution >= 0.6 is 0 Å². The van der Waals surface area contributed by atoms with Crippen molar-refractivity contribution in [1.82, 2.24) is 0 Å².